The lowest BCUT2D eigenvalue weighted by atomic mass is 9.57. The summed E-state index contributed by atoms with van der Waals surface area (Å²) in [6.45, 7) is 1.99. The van der Waals surface area contributed by atoms with E-state index in [9.17, 15) is 15.0 Å². The van der Waals surface area contributed by atoms with Crippen molar-refractivity contribution < 1.29 is 15.0 Å². The van der Waals surface area contributed by atoms with Crippen molar-refractivity contribution in [2.75, 3.05) is 23.3 Å². The number of rotatable bonds is 1. The molecule has 27 heavy (non-hydrogen) atoms. The number of hydrogen-bond donors (Lipinski definition) is 2. The van der Waals surface area contributed by atoms with Crippen LogP contribution in [0.15, 0.2) is 35.4 Å². The number of phenols is 2. The largest absolute Gasteiger partial charge is 0.504 e. The quantitative estimate of drug-likeness (QED) is 0.410. The summed E-state index contributed by atoms with van der Waals surface area (Å²) in [5.41, 5.74) is 4.50. The molecule has 4 heterocycles. The number of nitrogens with zero attached hydrogens (tertiary/aromatic N) is 2. The van der Waals surface area contributed by atoms with Gasteiger partial charge in [0.1, 0.15) is 0 Å². The fourth-order valence-corrected chi connectivity index (χ4v) is 7.08. The van der Waals surface area contributed by atoms with Gasteiger partial charge in [-0.05, 0) is 36.6 Å². The summed E-state index contributed by atoms with van der Waals surface area (Å²) >= 11 is 3.56. The molecule has 5 aliphatic rings. The Hall–Kier alpha value is -1.79. The van der Waals surface area contributed by atoms with E-state index in [2.05, 4.69) is 33.0 Å². The second kappa shape index (κ2) is 5.17. The third-order valence-electron chi connectivity index (χ3n) is 7.58. The first kappa shape index (κ1) is 16.2. The molecular weight excluding hydrogens is 408 g/mol. The van der Waals surface area contributed by atoms with E-state index < -0.39 is 0 Å². The van der Waals surface area contributed by atoms with Gasteiger partial charge in [-0.15, -0.1) is 0 Å². The summed E-state index contributed by atoms with van der Waals surface area (Å²) in [6.07, 6.45) is 6.94. The fourth-order valence-electron chi connectivity index (χ4n) is 6.66. The fraction of sp³-hybridized carbons (Fsp3) is 0.476. The van der Waals surface area contributed by atoms with Gasteiger partial charge >= 0.3 is 0 Å². The molecule has 5 nitrogen and oxygen atoms in total. The zero-order chi connectivity index (χ0) is 18.5. The van der Waals surface area contributed by atoms with Crippen LogP contribution in [-0.2, 0) is 10.2 Å². The van der Waals surface area contributed by atoms with Crippen molar-refractivity contribution in [1.82, 2.24) is 4.90 Å². The van der Waals surface area contributed by atoms with E-state index in [1.165, 1.54) is 11.1 Å². The van der Waals surface area contributed by atoms with Crippen LogP contribution in [0.5, 0.6) is 11.5 Å². The normalized spacial score (nSPS) is 37.4. The van der Waals surface area contributed by atoms with Crippen LogP contribution in [0.3, 0.4) is 0 Å². The number of fused-ring (bicyclic) bond motifs is 4. The van der Waals surface area contributed by atoms with Crippen LogP contribution in [0.25, 0.3) is 0 Å². The highest BCUT2D eigenvalue weighted by molar-refractivity contribution is 9.09. The molecule has 3 fully saturated rings. The Morgan fingerprint density at radius 2 is 2.11 bits per heavy atom. The summed E-state index contributed by atoms with van der Waals surface area (Å²) in [4.78, 5) is 17.5. The lowest BCUT2D eigenvalue weighted by Crippen LogP contribution is -2.62. The zero-order valence-electron chi connectivity index (χ0n) is 14.9. The number of hydrogen-bond acceptors (Lipinski definition) is 4. The molecule has 2 bridgehead atoms. The minimum Gasteiger partial charge on any atom is -0.504 e. The molecule has 0 aromatic heterocycles. The van der Waals surface area contributed by atoms with Crippen molar-refractivity contribution in [3.8, 4) is 11.5 Å². The van der Waals surface area contributed by atoms with Crippen molar-refractivity contribution in [2.24, 2.45) is 5.92 Å². The zero-order valence-corrected chi connectivity index (χ0v) is 16.4. The van der Waals surface area contributed by atoms with Crippen molar-refractivity contribution in [2.45, 2.75) is 36.8 Å². The number of piperidine rings is 1. The molecule has 1 aromatic rings. The molecule has 4 aliphatic heterocycles. The summed E-state index contributed by atoms with van der Waals surface area (Å²) in [7, 11) is 0. The summed E-state index contributed by atoms with van der Waals surface area (Å²) in [5, 5.41) is 21.2. The van der Waals surface area contributed by atoms with Crippen LogP contribution in [0.4, 0.5) is 5.69 Å². The molecule has 6 rings (SSSR count). The lowest BCUT2D eigenvalue weighted by Gasteiger charge is -2.54. The average molecular weight is 429 g/mol. The van der Waals surface area contributed by atoms with Gasteiger partial charge in [-0.3, -0.25) is 9.69 Å². The van der Waals surface area contributed by atoms with E-state index in [4.69, 9.17) is 0 Å². The molecular formula is C21H21BrN2O3. The molecule has 1 saturated carbocycles. The van der Waals surface area contributed by atoms with E-state index in [0.717, 1.165) is 42.5 Å². The molecule has 1 aromatic carbocycles. The second-order valence-electron chi connectivity index (χ2n) is 8.43. The molecule has 1 amide bonds. The van der Waals surface area contributed by atoms with Crippen LogP contribution in [0, 0.1) is 5.92 Å². The van der Waals surface area contributed by atoms with Gasteiger partial charge in [-0.25, -0.2) is 0 Å². The number of carbonyl (C=O) groups excluding carboxylic acids is 1. The molecule has 0 unspecified atom stereocenters. The predicted molar refractivity (Wildman–Crippen MR) is 105 cm³/mol. The minimum absolute atomic E-state index is 0.0164. The maximum atomic E-state index is 13.0. The Balaban J connectivity index is 1.64. The van der Waals surface area contributed by atoms with Gasteiger partial charge in [0.25, 0.3) is 0 Å². The van der Waals surface area contributed by atoms with E-state index in [-0.39, 0.29) is 28.9 Å². The van der Waals surface area contributed by atoms with Gasteiger partial charge < -0.3 is 15.1 Å². The Bertz CT molecular complexity index is 955. The summed E-state index contributed by atoms with van der Waals surface area (Å²) < 4.78 is 0. The van der Waals surface area contributed by atoms with Crippen LogP contribution in [0.1, 0.15) is 24.8 Å². The number of carbonyl (C=O) groups is 1. The number of anilines is 1. The molecule has 1 spiro atoms. The minimum atomic E-state index is -0.168. The van der Waals surface area contributed by atoms with Crippen molar-refractivity contribution >= 4 is 27.5 Å². The maximum absolute atomic E-state index is 13.0. The van der Waals surface area contributed by atoms with Crippen molar-refractivity contribution in [3.05, 3.63) is 41.0 Å². The Morgan fingerprint density at radius 3 is 2.93 bits per heavy atom. The third kappa shape index (κ3) is 1.77. The highest BCUT2D eigenvalue weighted by Crippen LogP contribution is 2.64. The smallest absolute Gasteiger partial charge is 0.231 e. The molecule has 4 atom stereocenters. The third-order valence-corrected chi connectivity index (χ3v) is 7.90. The van der Waals surface area contributed by atoms with Crippen LogP contribution < -0.4 is 4.90 Å². The molecule has 140 valence electrons. The lowest BCUT2D eigenvalue weighted by molar-refractivity contribution is -0.118. The maximum Gasteiger partial charge on any atom is 0.231 e. The number of halogens is 1. The Morgan fingerprint density at radius 1 is 1.30 bits per heavy atom. The average Bonchev–Trinajstić information content (AvgIpc) is 3.17. The van der Waals surface area contributed by atoms with Gasteiger partial charge in [0.05, 0.1) is 11.7 Å². The van der Waals surface area contributed by atoms with Gasteiger partial charge in [0.15, 0.2) is 11.5 Å². The second-order valence-corrected chi connectivity index (χ2v) is 9.08. The predicted octanol–water partition coefficient (Wildman–Crippen LogP) is 2.81. The molecule has 1 aliphatic carbocycles. The van der Waals surface area contributed by atoms with Crippen molar-refractivity contribution in [1.29, 1.82) is 0 Å². The van der Waals surface area contributed by atoms with Gasteiger partial charge in [0, 0.05) is 41.7 Å². The topological polar surface area (TPSA) is 64.0 Å². The van der Waals surface area contributed by atoms with Gasteiger partial charge in [-0.1, -0.05) is 33.7 Å². The first-order valence-corrected chi connectivity index (χ1v) is 10.8. The molecule has 2 N–H and O–H groups in total. The van der Waals surface area contributed by atoms with E-state index in [0.29, 0.717) is 18.4 Å². The Kier molecular flexibility index (Phi) is 3.10. The first-order valence-electron chi connectivity index (χ1n) is 9.63. The van der Waals surface area contributed by atoms with Crippen LogP contribution in [-0.4, -0.2) is 51.5 Å². The van der Waals surface area contributed by atoms with Crippen LogP contribution >= 0.6 is 15.9 Å². The highest BCUT2D eigenvalue weighted by Gasteiger charge is 2.67. The number of aromatic hydroxyl groups is 2. The number of amides is 1. The van der Waals surface area contributed by atoms with Crippen LogP contribution in [0.2, 0.25) is 0 Å². The Labute approximate surface area is 166 Å². The first-order chi connectivity index (χ1) is 13.1. The highest BCUT2D eigenvalue weighted by atomic mass is 79.9. The van der Waals surface area contributed by atoms with Gasteiger partial charge in [0.2, 0.25) is 5.91 Å². The molecule has 0 radical (unpaired) electrons. The number of phenolic OH excluding ortho intramolecular Hbond substituents is 2. The SMILES string of the molecule is O=C1CC=C2[C@@H]3N1c1cc(O)c(O)cc1[C@]31CCN3C/C(=C/CBr)[C@H]2C[C@@H]31. The summed E-state index contributed by atoms with van der Waals surface area (Å²) in [6, 6.07) is 3.71. The molecule has 6 heteroatoms. The number of allylic oxidation sites excluding steroid dienone is 1. The van der Waals surface area contributed by atoms with E-state index in [1.807, 2.05) is 4.90 Å². The van der Waals surface area contributed by atoms with E-state index in [1.54, 1.807) is 12.1 Å². The van der Waals surface area contributed by atoms with E-state index >= 15 is 0 Å². The summed E-state index contributed by atoms with van der Waals surface area (Å²) in [5.74, 6) is 0.256. The number of alkyl halides is 1. The standard InChI is InChI=1S/C21H21BrN2O3/c22-5-3-11-10-23-6-4-21-14-8-16(25)17(26)9-15(14)24-19(27)2-1-12(20(21)24)13(11)7-18(21)23/h1,3,8-9,13,18,20,25-26H,2,4-7,10H2/b11-3-/t13-,18-,20+,21+/m1/s1. The van der Waals surface area contributed by atoms with Gasteiger partial charge in [-0.2, -0.15) is 0 Å². The monoisotopic (exact) mass is 428 g/mol. The van der Waals surface area contributed by atoms with Crippen molar-refractivity contribution in [3.63, 3.8) is 0 Å². The molecule has 2 saturated heterocycles. The number of benzene rings is 1.